The lowest BCUT2D eigenvalue weighted by Crippen LogP contribution is -2.43. The van der Waals surface area contributed by atoms with Crippen LogP contribution in [0.3, 0.4) is 0 Å². The molecule has 1 aliphatic carbocycles. The second kappa shape index (κ2) is 10.9. The van der Waals surface area contributed by atoms with Crippen molar-refractivity contribution in [1.82, 2.24) is 5.32 Å². The van der Waals surface area contributed by atoms with E-state index in [1.165, 1.54) is 16.7 Å². The van der Waals surface area contributed by atoms with Crippen LogP contribution in [0.2, 0.25) is 0 Å². The van der Waals surface area contributed by atoms with Gasteiger partial charge in [0.25, 0.3) is 0 Å². The summed E-state index contributed by atoms with van der Waals surface area (Å²) in [5, 5.41) is 9.40. The van der Waals surface area contributed by atoms with Crippen LogP contribution in [0.4, 0.5) is 18.9 Å². The molecule has 1 aliphatic rings. The number of halogens is 3. The fraction of sp³-hybridized carbons (Fsp3) is 0.296. The van der Waals surface area contributed by atoms with Gasteiger partial charge in [0.15, 0.2) is 5.11 Å². The van der Waals surface area contributed by atoms with Crippen LogP contribution in [0.5, 0.6) is 0 Å². The average molecular weight is 501 g/mol. The van der Waals surface area contributed by atoms with Crippen molar-refractivity contribution >= 4 is 41.5 Å². The van der Waals surface area contributed by atoms with Gasteiger partial charge in [-0.1, -0.05) is 73.2 Å². The quantitative estimate of drug-likeness (QED) is 0.292. The van der Waals surface area contributed by atoms with E-state index in [2.05, 4.69) is 78.2 Å². The second-order valence-corrected chi connectivity index (χ2v) is 11.5. The van der Waals surface area contributed by atoms with Crippen molar-refractivity contribution in [2.75, 3.05) is 5.32 Å². The fourth-order valence-corrected chi connectivity index (χ4v) is 8.42. The van der Waals surface area contributed by atoms with E-state index in [1.54, 1.807) is 6.07 Å². The maximum absolute atomic E-state index is 13.0. The smallest absolute Gasteiger partial charge is 0.360 e. The first-order valence-corrected chi connectivity index (χ1v) is 13.3. The summed E-state index contributed by atoms with van der Waals surface area (Å²) < 4.78 is 39.1. The van der Waals surface area contributed by atoms with E-state index in [1.807, 2.05) is 0 Å². The predicted octanol–water partition coefficient (Wildman–Crippen LogP) is 6.68. The highest BCUT2D eigenvalue weighted by Crippen LogP contribution is 2.51. The van der Waals surface area contributed by atoms with Crippen molar-refractivity contribution in [3.63, 3.8) is 0 Å². The summed E-state index contributed by atoms with van der Waals surface area (Å²) in [6.45, 7) is 2.13. The van der Waals surface area contributed by atoms with Crippen molar-refractivity contribution in [1.29, 1.82) is 0 Å². The number of alkyl halides is 3. The zero-order valence-corrected chi connectivity index (χ0v) is 20.6. The summed E-state index contributed by atoms with van der Waals surface area (Å²) >= 11 is 5.48. The van der Waals surface area contributed by atoms with E-state index >= 15 is 0 Å². The van der Waals surface area contributed by atoms with Crippen molar-refractivity contribution in [2.24, 2.45) is 5.92 Å². The van der Waals surface area contributed by atoms with E-state index in [0.717, 1.165) is 31.4 Å². The Balaban J connectivity index is 1.49. The number of anilines is 1. The van der Waals surface area contributed by atoms with Crippen LogP contribution in [0.15, 0.2) is 84.9 Å². The van der Waals surface area contributed by atoms with Crippen LogP contribution in [0.1, 0.15) is 31.7 Å². The summed E-state index contributed by atoms with van der Waals surface area (Å²) in [4.78, 5) is 0. The van der Waals surface area contributed by atoms with E-state index in [-0.39, 0.29) is 6.04 Å². The Morgan fingerprint density at radius 1 is 0.912 bits per heavy atom. The lowest BCUT2D eigenvalue weighted by atomic mass is 9.99. The average Bonchev–Trinajstić information content (AvgIpc) is 3.30. The molecular formula is C27H28F3N2PS. The van der Waals surface area contributed by atoms with Gasteiger partial charge in [-0.2, -0.15) is 13.2 Å². The summed E-state index contributed by atoms with van der Waals surface area (Å²) in [7, 11) is -0.543. The first-order valence-electron chi connectivity index (χ1n) is 11.5. The largest absolute Gasteiger partial charge is 0.416 e. The SMILES string of the molecule is C[C@@H](NC(=S)Nc1cccc(C(F)(F)F)c1)C1CCCC1P(c1ccccc1)c1ccccc1. The number of hydrogen-bond donors (Lipinski definition) is 2. The number of thiocarbonyl (C=S) groups is 1. The Labute approximate surface area is 205 Å². The maximum Gasteiger partial charge on any atom is 0.416 e. The topological polar surface area (TPSA) is 24.1 Å². The van der Waals surface area contributed by atoms with E-state index < -0.39 is 19.7 Å². The Kier molecular flexibility index (Phi) is 7.90. The van der Waals surface area contributed by atoms with E-state index in [9.17, 15) is 13.2 Å². The highest BCUT2D eigenvalue weighted by Gasteiger charge is 2.38. The first kappa shape index (κ1) is 24.7. The minimum Gasteiger partial charge on any atom is -0.360 e. The molecule has 0 bridgehead atoms. The minimum absolute atomic E-state index is 0.0933. The van der Waals surface area contributed by atoms with Crippen LogP contribution < -0.4 is 21.2 Å². The van der Waals surface area contributed by atoms with Crippen molar-refractivity contribution in [2.45, 2.75) is 44.1 Å². The second-order valence-electron chi connectivity index (χ2n) is 8.67. The molecule has 0 heterocycles. The van der Waals surface area contributed by atoms with Crippen LogP contribution in [-0.4, -0.2) is 16.8 Å². The number of benzene rings is 3. The van der Waals surface area contributed by atoms with Crippen LogP contribution >= 0.6 is 20.1 Å². The highest BCUT2D eigenvalue weighted by molar-refractivity contribution is 7.80. The number of hydrogen-bond acceptors (Lipinski definition) is 1. The lowest BCUT2D eigenvalue weighted by molar-refractivity contribution is -0.137. The number of nitrogens with one attached hydrogen (secondary N) is 2. The van der Waals surface area contributed by atoms with E-state index in [4.69, 9.17) is 12.2 Å². The maximum atomic E-state index is 13.0. The Morgan fingerprint density at radius 2 is 1.53 bits per heavy atom. The van der Waals surface area contributed by atoms with Gasteiger partial charge >= 0.3 is 6.18 Å². The molecule has 2 nitrogen and oxygen atoms in total. The molecule has 3 atom stereocenters. The van der Waals surface area contributed by atoms with Gasteiger partial charge in [0, 0.05) is 11.7 Å². The number of rotatable bonds is 6. The molecule has 178 valence electrons. The first-order chi connectivity index (χ1) is 16.3. The fourth-order valence-electron chi connectivity index (χ4n) is 4.84. The molecule has 1 fully saturated rings. The zero-order valence-electron chi connectivity index (χ0n) is 18.9. The third-order valence-corrected chi connectivity index (χ3v) is 9.61. The van der Waals surface area contributed by atoms with Crippen molar-refractivity contribution in [3.8, 4) is 0 Å². The van der Waals surface area contributed by atoms with Crippen molar-refractivity contribution in [3.05, 3.63) is 90.5 Å². The molecule has 3 aromatic carbocycles. The Bertz CT molecular complexity index is 1050. The summed E-state index contributed by atoms with van der Waals surface area (Å²) in [5.74, 6) is 0.410. The van der Waals surface area contributed by atoms with Crippen LogP contribution in [0.25, 0.3) is 0 Å². The molecule has 0 aliphatic heterocycles. The molecule has 0 saturated heterocycles. The van der Waals surface area contributed by atoms with Gasteiger partial charge in [0.2, 0.25) is 0 Å². The zero-order chi connectivity index (χ0) is 24.1. The molecule has 7 heteroatoms. The molecule has 3 aromatic rings. The van der Waals surface area contributed by atoms with Gasteiger partial charge in [-0.25, -0.2) is 0 Å². The van der Waals surface area contributed by atoms with Gasteiger partial charge in [-0.3, -0.25) is 0 Å². The molecule has 0 spiro atoms. The van der Waals surface area contributed by atoms with Gasteiger partial charge in [0.05, 0.1) is 5.56 Å². The molecule has 4 rings (SSSR count). The molecule has 2 N–H and O–H groups in total. The lowest BCUT2D eigenvalue weighted by Gasteiger charge is -2.34. The Morgan fingerprint density at radius 3 is 2.12 bits per heavy atom. The van der Waals surface area contributed by atoms with Gasteiger partial charge < -0.3 is 10.6 Å². The van der Waals surface area contributed by atoms with Gasteiger partial charge in [-0.05, 0) is 80.3 Å². The Hall–Kier alpha value is -2.43. The predicted molar refractivity (Wildman–Crippen MR) is 140 cm³/mol. The summed E-state index contributed by atoms with van der Waals surface area (Å²) in [5.41, 5.74) is 0.137. The molecule has 34 heavy (non-hydrogen) atoms. The molecule has 0 aromatic heterocycles. The van der Waals surface area contributed by atoms with Crippen LogP contribution in [-0.2, 0) is 6.18 Å². The molecular weight excluding hydrogens is 472 g/mol. The third-order valence-electron chi connectivity index (χ3n) is 6.38. The van der Waals surface area contributed by atoms with E-state index in [0.29, 0.717) is 22.4 Å². The monoisotopic (exact) mass is 500 g/mol. The standard InChI is InChI=1S/C27H28F3N2PS/c1-19(31-26(34)32-21-11-8-10-20(18-21)27(28,29)30)24-16-9-17-25(24)33(22-12-4-2-5-13-22)23-14-6-3-7-15-23/h2-8,10-15,18-19,24-25H,9,16-17H2,1H3,(H2,31,32,34)/t19-,24?,25?/m1/s1. The highest BCUT2D eigenvalue weighted by atomic mass is 32.1. The molecule has 1 saturated carbocycles. The van der Waals surface area contributed by atoms with Crippen LogP contribution in [0, 0.1) is 5.92 Å². The molecule has 0 amide bonds. The van der Waals surface area contributed by atoms with Gasteiger partial charge in [-0.15, -0.1) is 0 Å². The van der Waals surface area contributed by atoms with Gasteiger partial charge in [0.1, 0.15) is 0 Å². The summed E-state index contributed by atoms with van der Waals surface area (Å²) in [6, 6.07) is 26.7. The van der Waals surface area contributed by atoms with Crippen molar-refractivity contribution < 1.29 is 13.2 Å². The molecule has 2 unspecified atom stereocenters. The normalized spacial score (nSPS) is 19.1. The summed E-state index contributed by atoms with van der Waals surface area (Å²) in [6.07, 6.45) is -0.972. The minimum atomic E-state index is -4.39. The molecule has 0 radical (unpaired) electrons. The third kappa shape index (κ3) is 5.97.